The van der Waals surface area contributed by atoms with Gasteiger partial charge in [0.1, 0.15) is 5.82 Å². The molecule has 0 radical (unpaired) electrons. The smallest absolute Gasteiger partial charge is 0.259 e. The summed E-state index contributed by atoms with van der Waals surface area (Å²) in [6.07, 6.45) is 2.58. The number of anilines is 2. The fourth-order valence-corrected chi connectivity index (χ4v) is 3.50. The van der Waals surface area contributed by atoms with Crippen molar-refractivity contribution in [1.82, 2.24) is 9.88 Å². The summed E-state index contributed by atoms with van der Waals surface area (Å²) in [5.74, 6) is 0.818. The van der Waals surface area contributed by atoms with E-state index in [0.29, 0.717) is 5.56 Å². The van der Waals surface area contributed by atoms with Crippen molar-refractivity contribution in [2.45, 2.75) is 6.42 Å². The molecule has 6 heteroatoms. The SMILES string of the molecule is O=C(c1ccc(NCCN2CCOCC2)nc1)N1CCc2ccccc21. The third-order valence-corrected chi connectivity index (χ3v) is 4.98. The van der Waals surface area contributed by atoms with Crippen LogP contribution in [0.2, 0.25) is 0 Å². The number of benzene rings is 1. The molecular formula is C20H24N4O2. The number of nitrogens with one attached hydrogen (secondary N) is 1. The molecule has 0 atom stereocenters. The van der Waals surface area contributed by atoms with Crippen molar-refractivity contribution in [3.8, 4) is 0 Å². The first kappa shape index (κ1) is 17.0. The van der Waals surface area contributed by atoms with Gasteiger partial charge in [0.15, 0.2) is 0 Å². The molecule has 0 spiro atoms. The molecule has 2 aliphatic rings. The van der Waals surface area contributed by atoms with Crippen LogP contribution in [0.4, 0.5) is 11.5 Å². The van der Waals surface area contributed by atoms with Gasteiger partial charge in [-0.15, -0.1) is 0 Å². The third-order valence-electron chi connectivity index (χ3n) is 4.98. The van der Waals surface area contributed by atoms with E-state index in [4.69, 9.17) is 4.74 Å². The number of nitrogens with zero attached hydrogens (tertiary/aromatic N) is 3. The molecule has 4 rings (SSSR count). The van der Waals surface area contributed by atoms with Crippen molar-refractivity contribution < 1.29 is 9.53 Å². The highest BCUT2D eigenvalue weighted by atomic mass is 16.5. The van der Waals surface area contributed by atoms with E-state index >= 15 is 0 Å². The highest BCUT2D eigenvalue weighted by Crippen LogP contribution is 2.28. The van der Waals surface area contributed by atoms with Crippen LogP contribution in [0.25, 0.3) is 0 Å². The van der Waals surface area contributed by atoms with Gasteiger partial charge in [-0.3, -0.25) is 9.69 Å². The minimum absolute atomic E-state index is 0.0160. The summed E-state index contributed by atoms with van der Waals surface area (Å²) in [6.45, 7) is 6.14. The lowest BCUT2D eigenvalue weighted by Crippen LogP contribution is -2.39. The predicted octanol–water partition coefficient (Wildman–Crippen LogP) is 2.03. The Labute approximate surface area is 153 Å². The van der Waals surface area contributed by atoms with Gasteiger partial charge in [0, 0.05) is 44.6 Å². The highest BCUT2D eigenvalue weighted by molar-refractivity contribution is 6.07. The Morgan fingerprint density at radius 1 is 1.12 bits per heavy atom. The van der Waals surface area contributed by atoms with E-state index in [2.05, 4.69) is 21.3 Å². The van der Waals surface area contributed by atoms with Crippen LogP contribution in [0, 0.1) is 0 Å². The Hall–Kier alpha value is -2.44. The summed E-state index contributed by atoms with van der Waals surface area (Å²) < 4.78 is 5.35. The van der Waals surface area contributed by atoms with Gasteiger partial charge in [-0.1, -0.05) is 18.2 Å². The second kappa shape index (κ2) is 7.85. The summed E-state index contributed by atoms with van der Waals surface area (Å²) in [6, 6.07) is 11.8. The zero-order chi connectivity index (χ0) is 17.8. The number of fused-ring (bicyclic) bond motifs is 1. The average molecular weight is 352 g/mol. The summed E-state index contributed by atoms with van der Waals surface area (Å²) in [7, 11) is 0. The number of carbonyl (C=O) groups is 1. The second-order valence-corrected chi connectivity index (χ2v) is 6.65. The van der Waals surface area contributed by atoms with Gasteiger partial charge in [0.05, 0.1) is 18.8 Å². The number of carbonyl (C=O) groups excluding carboxylic acids is 1. The van der Waals surface area contributed by atoms with Crippen molar-refractivity contribution in [3.05, 3.63) is 53.7 Å². The number of hydrogen-bond donors (Lipinski definition) is 1. The molecule has 1 amide bonds. The largest absolute Gasteiger partial charge is 0.379 e. The number of pyridine rings is 1. The molecule has 136 valence electrons. The molecule has 1 fully saturated rings. The number of morpholine rings is 1. The maximum Gasteiger partial charge on any atom is 0.259 e. The van der Waals surface area contributed by atoms with Crippen LogP contribution in [0.3, 0.4) is 0 Å². The van der Waals surface area contributed by atoms with E-state index in [-0.39, 0.29) is 5.91 Å². The predicted molar refractivity (Wildman–Crippen MR) is 102 cm³/mol. The van der Waals surface area contributed by atoms with E-state index in [0.717, 1.165) is 63.9 Å². The molecule has 1 N–H and O–H groups in total. The second-order valence-electron chi connectivity index (χ2n) is 6.65. The van der Waals surface area contributed by atoms with Gasteiger partial charge in [-0.05, 0) is 30.2 Å². The quantitative estimate of drug-likeness (QED) is 0.892. The van der Waals surface area contributed by atoms with Crippen LogP contribution < -0.4 is 10.2 Å². The molecule has 1 saturated heterocycles. The topological polar surface area (TPSA) is 57.7 Å². The summed E-state index contributed by atoms with van der Waals surface area (Å²) in [5, 5.41) is 3.32. The van der Waals surface area contributed by atoms with Crippen molar-refractivity contribution in [3.63, 3.8) is 0 Å². The molecule has 6 nitrogen and oxygen atoms in total. The lowest BCUT2D eigenvalue weighted by atomic mass is 10.2. The Morgan fingerprint density at radius 3 is 2.77 bits per heavy atom. The lowest BCUT2D eigenvalue weighted by molar-refractivity contribution is 0.0398. The maximum absolute atomic E-state index is 12.8. The van der Waals surface area contributed by atoms with Crippen LogP contribution in [0.15, 0.2) is 42.6 Å². The first-order valence-electron chi connectivity index (χ1n) is 9.21. The molecule has 3 heterocycles. The highest BCUT2D eigenvalue weighted by Gasteiger charge is 2.25. The van der Waals surface area contributed by atoms with E-state index in [1.54, 1.807) is 6.20 Å². The third kappa shape index (κ3) is 3.71. The number of aromatic nitrogens is 1. The Kier molecular flexibility index (Phi) is 5.13. The zero-order valence-electron chi connectivity index (χ0n) is 14.9. The van der Waals surface area contributed by atoms with E-state index in [9.17, 15) is 4.79 Å². The number of hydrogen-bond acceptors (Lipinski definition) is 5. The number of rotatable bonds is 5. The monoisotopic (exact) mass is 352 g/mol. The zero-order valence-corrected chi connectivity index (χ0v) is 14.9. The van der Waals surface area contributed by atoms with Crippen molar-refractivity contribution >= 4 is 17.4 Å². The molecule has 0 saturated carbocycles. The Balaban J connectivity index is 1.33. The normalized spacial score (nSPS) is 17.2. The molecular weight excluding hydrogens is 328 g/mol. The first-order chi connectivity index (χ1) is 12.8. The molecule has 0 unspecified atom stereocenters. The van der Waals surface area contributed by atoms with Crippen LogP contribution >= 0.6 is 0 Å². The standard InChI is InChI=1S/C20H24N4O2/c25-20(24-9-7-16-3-1-2-4-18(16)24)17-5-6-19(22-15-17)21-8-10-23-11-13-26-14-12-23/h1-6,15H,7-14H2,(H,21,22). The van der Waals surface area contributed by atoms with Gasteiger partial charge in [-0.2, -0.15) is 0 Å². The van der Waals surface area contributed by atoms with Crippen LogP contribution in [-0.4, -0.2) is 61.7 Å². The minimum atomic E-state index is 0.0160. The fourth-order valence-electron chi connectivity index (χ4n) is 3.50. The molecule has 2 aliphatic heterocycles. The number of para-hydroxylation sites is 1. The fraction of sp³-hybridized carbons (Fsp3) is 0.400. The summed E-state index contributed by atoms with van der Waals surface area (Å²) >= 11 is 0. The molecule has 26 heavy (non-hydrogen) atoms. The van der Waals surface area contributed by atoms with Crippen LogP contribution in [0.5, 0.6) is 0 Å². The average Bonchev–Trinajstić information content (AvgIpc) is 3.13. The molecule has 0 aliphatic carbocycles. The Morgan fingerprint density at radius 2 is 1.96 bits per heavy atom. The van der Waals surface area contributed by atoms with E-state index in [1.165, 1.54) is 5.56 Å². The maximum atomic E-state index is 12.8. The minimum Gasteiger partial charge on any atom is -0.379 e. The van der Waals surface area contributed by atoms with E-state index < -0.39 is 0 Å². The summed E-state index contributed by atoms with van der Waals surface area (Å²) in [5.41, 5.74) is 2.88. The van der Waals surface area contributed by atoms with Gasteiger partial charge in [0.2, 0.25) is 0 Å². The van der Waals surface area contributed by atoms with Gasteiger partial charge in [0.25, 0.3) is 5.91 Å². The van der Waals surface area contributed by atoms with Crippen LogP contribution in [0.1, 0.15) is 15.9 Å². The lowest BCUT2D eigenvalue weighted by Gasteiger charge is -2.26. The summed E-state index contributed by atoms with van der Waals surface area (Å²) in [4.78, 5) is 21.4. The molecule has 0 bridgehead atoms. The van der Waals surface area contributed by atoms with Gasteiger partial charge < -0.3 is 15.0 Å². The van der Waals surface area contributed by atoms with Gasteiger partial charge in [-0.25, -0.2) is 4.98 Å². The number of amides is 1. The number of ether oxygens (including phenoxy) is 1. The van der Waals surface area contributed by atoms with E-state index in [1.807, 2.05) is 35.2 Å². The Bertz CT molecular complexity index is 757. The van der Waals surface area contributed by atoms with Crippen molar-refractivity contribution in [2.24, 2.45) is 0 Å². The first-order valence-corrected chi connectivity index (χ1v) is 9.21. The van der Waals surface area contributed by atoms with Crippen molar-refractivity contribution in [2.75, 3.05) is 56.2 Å². The molecule has 2 aromatic rings. The molecule has 1 aromatic carbocycles. The van der Waals surface area contributed by atoms with Crippen molar-refractivity contribution in [1.29, 1.82) is 0 Å². The molecule has 1 aromatic heterocycles. The van der Waals surface area contributed by atoms with Crippen LogP contribution in [-0.2, 0) is 11.2 Å². The van der Waals surface area contributed by atoms with Gasteiger partial charge >= 0.3 is 0 Å².